The zero-order chi connectivity index (χ0) is 23.0. The van der Waals surface area contributed by atoms with Crippen molar-refractivity contribution in [1.29, 1.82) is 0 Å². The number of nitrogens with zero attached hydrogens (tertiary/aromatic N) is 4. The lowest BCUT2D eigenvalue weighted by molar-refractivity contribution is -0.440. The van der Waals surface area contributed by atoms with E-state index in [-0.39, 0.29) is 5.69 Å². The highest BCUT2D eigenvalue weighted by atomic mass is 16.6. The van der Waals surface area contributed by atoms with Gasteiger partial charge in [0.2, 0.25) is 0 Å². The van der Waals surface area contributed by atoms with Crippen LogP contribution in [-0.4, -0.2) is 27.0 Å². The normalized spacial score (nSPS) is 9.74. The summed E-state index contributed by atoms with van der Waals surface area (Å²) in [6, 6.07) is 19.4. The van der Waals surface area contributed by atoms with Gasteiger partial charge in [0.1, 0.15) is 5.69 Å². The van der Waals surface area contributed by atoms with Gasteiger partial charge < -0.3 is 5.11 Å². The van der Waals surface area contributed by atoms with Crippen molar-refractivity contribution in [2.45, 2.75) is 0 Å². The third-order valence-electron chi connectivity index (χ3n) is 3.95. The van der Waals surface area contributed by atoms with Crippen molar-refractivity contribution in [3.8, 4) is 0 Å². The number of para-hydroxylation sites is 2. The van der Waals surface area contributed by atoms with E-state index in [0.717, 1.165) is 19.2 Å². The molecule has 2 N–H and O–H groups in total. The SMILES string of the molecule is CO.O=[N+]([O-])c1ccc(NN(c2ccccc2)c2ccccc2)c([N+](=O)[O-])c1[N+](=O)[O-]. The van der Waals surface area contributed by atoms with Crippen molar-refractivity contribution in [2.24, 2.45) is 0 Å². The van der Waals surface area contributed by atoms with Gasteiger partial charge in [-0.2, -0.15) is 0 Å². The second kappa shape index (κ2) is 10.3. The summed E-state index contributed by atoms with van der Waals surface area (Å²) in [5.74, 6) is 0. The maximum Gasteiger partial charge on any atom is 0.424 e. The largest absolute Gasteiger partial charge is 0.424 e. The molecular formula is C19H17N5O7. The van der Waals surface area contributed by atoms with Crippen LogP contribution in [0.5, 0.6) is 0 Å². The van der Waals surface area contributed by atoms with Crippen molar-refractivity contribution in [3.63, 3.8) is 0 Å². The van der Waals surface area contributed by atoms with Gasteiger partial charge in [0.15, 0.2) is 0 Å². The topological polar surface area (TPSA) is 165 Å². The summed E-state index contributed by atoms with van der Waals surface area (Å²) in [5, 5.41) is 42.6. The standard InChI is InChI=1S/C18H13N5O6.CH4O/c24-21(25)16-12-11-15(17(22(26)27)18(16)23(28)29)19-20(13-7-3-1-4-8-13)14-9-5-2-6-10-14;1-2/h1-12,19H;2H,1H3. The molecule has 12 nitrogen and oxygen atoms in total. The molecule has 0 fully saturated rings. The first kappa shape index (κ1) is 22.7. The number of nitro benzene ring substituents is 3. The monoisotopic (exact) mass is 427 g/mol. The van der Waals surface area contributed by atoms with Crippen LogP contribution in [0.1, 0.15) is 0 Å². The average molecular weight is 427 g/mol. The molecule has 0 saturated carbocycles. The summed E-state index contributed by atoms with van der Waals surface area (Å²) in [6.07, 6.45) is 0. The van der Waals surface area contributed by atoms with Crippen molar-refractivity contribution in [1.82, 2.24) is 0 Å². The molecule has 3 rings (SSSR count). The van der Waals surface area contributed by atoms with Gasteiger partial charge in [0, 0.05) is 13.2 Å². The Morgan fingerprint density at radius 3 is 1.52 bits per heavy atom. The van der Waals surface area contributed by atoms with Gasteiger partial charge in [-0.1, -0.05) is 36.4 Å². The van der Waals surface area contributed by atoms with E-state index in [9.17, 15) is 30.3 Å². The number of aliphatic hydroxyl groups is 1. The average Bonchev–Trinajstić information content (AvgIpc) is 2.79. The molecule has 0 aliphatic carbocycles. The highest BCUT2D eigenvalue weighted by molar-refractivity contribution is 5.81. The molecule has 3 aromatic carbocycles. The molecule has 3 aromatic rings. The molecule has 0 amide bonds. The Kier molecular flexibility index (Phi) is 7.52. The second-order valence-electron chi connectivity index (χ2n) is 5.72. The molecule has 0 bridgehead atoms. The Balaban J connectivity index is 0.00000166. The zero-order valence-electron chi connectivity index (χ0n) is 16.1. The lowest BCUT2D eigenvalue weighted by Crippen LogP contribution is -2.25. The van der Waals surface area contributed by atoms with E-state index >= 15 is 0 Å². The zero-order valence-corrected chi connectivity index (χ0v) is 16.1. The molecule has 0 aromatic heterocycles. The maximum absolute atomic E-state index is 11.6. The van der Waals surface area contributed by atoms with Gasteiger partial charge in [0.05, 0.1) is 26.1 Å². The summed E-state index contributed by atoms with van der Waals surface area (Å²) in [6.45, 7) is 0. The number of nitrogens with one attached hydrogen (secondary N) is 1. The first-order chi connectivity index (χ1) is 14.9. The molecule has 0 aliphatic rings. The predicted octanol–water partition coefficient (Wildman–Crippen LogP) is 4.18. The smallest absolute Gasteiger partial charge is 0.400 e. The van der Waals surface area contributed by atoms with Gasteiger partial charge >= 0.3 is 17.1 Å². The van der Waals surface area contributed by atoms with Crippen LogP contribution in [0.3, 0.4) is 0 Å². The highest BCUT2D eigenvalue weighted by Crippen LogP contribution is 2.42. The van der Waals surface area contributed by atoms with Crippen molar-refractivity contribution >= 4 is 34.1 Å². The highest BCUT2D eigenvalue weighted by Gasteiger charge is 2.39. The van der Waals surface area contributed by atoms with E-state index < -0.39 is 31.8 Å². The number of aliphatic hydroxyl groups excluding tert-OH is 1. The molecule has 31 heavy (non-hydrogen) atoms. The Bertz CT molecular complexity index is 1040. The number of nitro groups is 3. The molecule has 0 saturated heterocycles. The maximum atomic E-state index is 11.6. The summed E-state index contributed by atoms with van der Waals surface area (Å²) in [5.41, 5.74) is 0.559. The van der Waals surface area contributed by atoms with E-state index in [1.165, 1.54) is 5.01 Å². The first-order valence-electron chi connectivity index (χ1n) is 8.62. The number of hydrazine groups is 1. The van der Waals surface area contributed by atoms with Gasteiger partial charge in [-0.25, -0.2) is 0 Å². The fourth-order valence-electron chi connectivity index (χ4n) is 2.72. The number of anilines is 3. The number of benzene rings is 3. The van der Waals surface area contributed by atoms with Gasteiger partial charge in [0.25, 0.3) is 0 Å². The Morgan fingerprint density at radius 2 is 1.13 bits per heavy atom. The minimum atomic E-state index is -1.19. The van der Waals surface area contributed by atoms with E-state index in [2.05, 4.69) is 5.43 Å². The van der Waals surface area contributed by atoms with Crippen LogP contribution in [0.15, 0.2) is 72.8 Å². The Hall–Kier alpha value is -4.58. The second-order valence-corrected chi connectivity index (χ2v) is 5.72. The van der Waals surface area contributed by atoms with Crippen molar-refractivity contribution < 1.29 is 19.9 Å². The fraction of sp³-hybridized carbons (Fsp3) is 0.0526. The predicted molar refractivity (Wildman–Crippen MR) is 113 cm³/mol. The lowest BCUT2D eigenvalue weighted by Gasteiger charge is -2.26. The quantitative estimate of drug-likeness (QED) is 0.415. The molecule has 0 aliphatic heterocycles. The molecule has 0 atom stereocenters. The molecule has 12 heteroatoms. The fourth-order valence-corrected chi connectivity index (χ4v) is 2.72. The third-order valence-corrected chi connectivity index (χ3v) is 3.95. The molecule has 160 valence electrons. The van der Waals surface area contributed by atoms with Crippen LogP contribution in [0, 0.1) is 30.3 Å². The lowest BCUT2D eigenvalue weighted by atomic mass is 10.2. The van der Waals surface area contributed by atoms with E-state index in [1.54, 1.807) is 60.7 Å². The van der Waals surface area contributed by atoms with Crippen LogP contribution < -0.4 is 10.4 Å². The van der Waals surface area contributed by atoms with E-state index in [1.807, 2.05) is 0 Å². The summed E-state index contributed by atoms with van der Waals surface area (Å²) < 4.78 is 0. The van der Waals surface area contributed by atoms with Crippen molar-refractivity contribution in [3.05, 3.63) is 103 Å². The minimum absolute atomic E-state index is 0.264. The number of hydrogen-bond acceptors (Lipinski definition) is 9. The van der Waals surface area contributed by atoms with Crippen LogP contribution in [-0.2, 0) is 0 Å². The van der Waals surface area contributed by atoms with Gasteiger partial charge in [-0.05, 0) is 30.3 Å². The molecular weight excluding hydrogens is 410 g/mol. The van der Waals surface area contributed by atoms with Crippen LogP contribution >= 0.6 is 0 Å². The van der Waals surface area contributed by atoms with E-state index in [0.29, 0.717) is 11.4 Å². The van der Waals surface area contributed by atoms with Crippen LogP contribution in [0.4, 0.5) is 34.1 Å². The van der Waals surface area contributed by atoms with Gasteiger partial charge in [-0.3, -0.25) is 40.8 Å². The summed E-state index contributed by atoms with van der Waals surface area (Å²) in [7, 11) is 1.00. The number of rotatable bonds is 7. The number of hydrogen-bond donors (Lipinski definition) is 2. The molecule has 0 unspecified atom stereocenters. The first-order valence-corrected chi connectivity index (χ1v) is 8.62. The summed E-state index contributed by atoms with van der Waals surface area (Å²) in [4.78, 5) is 30.9. The Labute approximate surface area is 175 Å². The summed E-state index contributed by atoms with van der Waals surface area (Å²) >= 11 is 0. The van der Waals surface area contributed by atoms with Crippen LogP contribution in [0.2, 0.25) is 0 Å². The van der Waals surface area contributed by atoms with Crippen LogP contribution in [0.25, 0.3) is 0 Å². The molecule has 0 spiro atoms. The third kappa shape index (κ3) is 5.07. The van der Waals surface area contributed by atoms with Crippen molar-refractivity contribution in [2.75, 3.05) is 17.5 Å². The Morgan fingerprint density at radius 1 is 0.677 bits per heavy atom. The van der Waals surface area contributed by atoms with Gasteiger partial charge in [-0.15, -0.1) is 0 Å². The van der Waals surface area contributed by atoms with E-state index in [4.69, 9.17) is 5.11 Å². The molecule has 0 heterocycles. The molecule has 0 radical (unpaired) electrons. The minimum Gasteiger partial charge on any atom is -0.400 e.